The lowest BCUT2D eigenvalue weighted by molar-refractivity contribution is -0.131. The number of esters is 2. The van der Waals surface area contributed by atoms with Gasteiger partial charge in [-0.25, -0.2) is 18.4 Å². The number of rotatable bonds is 6. The number of carbonyl (C=O) groups excluding carboxylic acids is 2. The molecule has 0 spiro atoms. The second kappa shape index (κ2) is 9.79. The molecule has 0 aliphatic rings. The number of ether oxygens (including phenoxy) is 2. The fraction of sp³-hybridized carbons (Fsp3) is 0.111. The molecule has 0 amide bonds. The smallest absolute Gasteiger partial charge is 0.338 e. The molecule has 0 bridgehead atoms. The Morgan fingerprint density at radius 1 is 0.706 bits per heavy atom. The summed E-state index contributed by atoms with van der Waals surface area (Å²) in [5.41, 5.74) is 1.54. The van der Waals surface area contributed by atoms with Crippen LogP contribution in [0.4, 0.5) is 13.2 Å². The molecule has 0 aliphatic heterocycles. The van der Waals surface area contributed by atoms with Crippen LogP contribution in [-0.4, -0.2) is 11.9 Å². The second-order valence-electron chi connectivity index (χ2n) is 7.75. The Morgan fingerprint density at radius 3 is 1.76 bits per heavy atom. The van der Waals surface area contributed by atoms with E-state index in [-0.39, 0.29) is 22.3 Å². The second-order valence-corrected chi connectivity index (χ2v) is 7.75. The number of aryl methyl sites for hydroxylation is 1. The van der Waals surface area contributed by atoms with Crippen LogP contribution in [-0.2, 0) is 9.59 Å². The van der Waals surface area contributed by atoms with Gasteiger partial charge in [0.15, 0.2) is 11.6 Å². The summed E-state index contributed by atoms with van der Waals surface area (Å²) in [5.74, 6) is -5.27. The van der Waals surface area contributed by atoms with E-state index >= 15 is 0 Å². The SMILES string of the molecule is C=C(C)C(=O)Oc1ccc(-c2ccc(-c3ccc(OC(=O)C(=C)C)c(F)c3F)c(F)c2)cc1C. The first-order valence-corrected chi connectivity index (χ1v) is 10.1. The van der Waals surface area contributed by atoms with E-state index in [1.165, 1.54) is 26.0 Å². The summed E-state index contributed by atoms with van der Waals surface area (Å²) in [5, 5.41) is 0. The molecular weight excluding hydrogens is 445 g/mol. The summed E-state index contributed by atoms with van der Waals surface area (Å²) in [6, 6.07) is 11.2. The topological polar surface area (TPSA) is 52.6 Å². The molecule has 0 N–H and O–H groups in total. The van der Waals surface area contributed by atoms with E-state index in [4.69, 9.17) is 9.47 Å². The van der Waals surface area contributed by atoms with E-state index in [0.29, 0.717) is 22.4 Å². The largest absolute Gasteiger partial charge is 0.423 e. The molecular formula is C27H21F3O4. The first-order valence-electron chi connectivity index (χ1n) is 10.1. The fourth-order valence-electron chi connectivity index (χ4n) is 3.05. The third kappa shape index (κ3) is 5.09. The van der Waals surface area contributed by atoms with Crippen LogP contribution < -0.4 is 9.47 Å². The zero-order valence-electron chi connectivity index (χ0n) is 18.8. The molecule has 0 atom stereocenters. The van der Waals surface area contributed by atoms with Crippen LogP contribution in [0.3, 0.4) is 0 Å². The quantitative estimate of drug-likeness (QED) is 0.230. The van der Waals surface area contributed by atoms with Crippen molar-refractivity contribution >= 4 is 11.9 Å². The van der Waals surface area contributed by atoms with E-state index in [0.717, 1.165) is 12.1 Å². The van der Waals surface area contributed by atoms with Gasteiger partial charge in [0.05, 0.1) is 0 Å². The molecule has 3 aromatic rings. The van der Waals surface area contributed by atoms with Crippen molar-refractivity contribution in [2.45, 2.75) is 20.8 Å². The zero-order chi connectivity index (χ0) is 25.2. The highest BCUT2D eigenvalue weighted by Crippen LogP contribution is 2.34. The predicted molar refractivity (Wildman–Crippen MR) is 123 cm³/mol. The predicted octanol–water partition coefficient (Wildman–Crippen LogP) is 6.71. The molecule has 0 aliphatic carbocycles. The van der Waals surface area contributed by atoms with Crippen molar-refractivity contribution in [3.8, 4) is 33.8 Å². The third-order valence-corrected chi connectivity index (χ3v) is 4.92. The fourth-order valence-corrected chi connectivity index (χ4v) is 3.05. The summed E-state index contributed by atoms with van der Waals surface area (Å²) in [6.45, 7) is 11.5. The van der Waals surface area contributed by atoms with E-state index in [2.05, 4.69) is 13.2 Å². The van der Waals surface area contributed by atoms with Crippen LogP contribution in [0.5, 0.6) is 11.5 Å². The Hall–Kier alpha value is -4.13. The highest BCUT2D eigenvalue weighted by atomic mass is 19.2. The minimum absolute atomic E-state index is 0.0165. The normalized spacial score (nSPS) is 10.5. The highest BCUT2D eigenvalue weighted by molar-refractivity contribution is 5.89. The van der Waals surface area contributed by atoms with E-state index in [9.17, 15) is 22.8 Å². The van der Waals surface area contributed by atoms with Gasteiger partial charge in [0.25, 0.3) is 0 Å². The van der Waals surface area contributed by atoms with Crippen LogP contribution in [0.1, 0.15) is 19.4 Å². The van der Waals surface area contributed by atoms with Crippen molar-refractivity contribution in [3.05, 3.63) is 95.9 Å². The van der Waals surface area contributed by atoms with E-state index < -0.39 is 35.1 Å². The number of hydrogen-bond donors (Lipinski definition) is 0. The number of hydrogen-bond acceptors (Lipinski definition) is 4. The average Bonchev–Trinajstić information content (AvgIpc) is 2.78. The van der Waals surface area contributed by atoms with Crippen molar-refractivity contribution in [2.24, 2.45) is 0 Å². The van der Waals surface area contributed by atoms with Crippen LogP contribution in [0.2, 0.25) is 0 Å². The molecule has 0 radical (unpaired) electrons. The van der Waals surface area contributed by atoms with Crippen LogP contribution >= 0.6 is 0 Å². The Balaban J connectivity index is 1.91. The van der Waals surface area contributed by atoms with Gasteiger partial charge in [0.1, 0.15) is 11.6 Å². The van der Waals surface area contributed by atoms with Gasteiger partial charge in [-0.1, -0.05) is 31.4 Å². The number of benzene rings is 3. The van der Waals surface area contributed by atoms with Gasteiger partial charge in [-0.2, -0.15) is 4.39 Å². The standard InChI is InChI=1S/C27H21F3O4/c1-14(2)26(31)33-22-10-7-17(12-16(22)5)18-6-8-19(21(28)13-18)20-9-11-23(25(30)24(20)29)34-27(32)15(3)4/h6-13H,1,3H2,2,4-5H3. The lowest BCUT2D eigenvalue weighted by Gasteiger charge is -2.12. The summed E-state index contributed by atoms with van der Waals surface area (Å²) in [7, 11) is 0. The summed E-state index contributed by atoms with van der Waals surface area (Å²) in [6.07, 6.45) is 0. The van der Waals surface area contributed by atoms with Gasteiger partial charge in [-0.05, 0) is 67.8 Å². The van der Waals surface area contributed by atoms with Gasteiger partial charge < -0.3 is 9.47 Å². The lowest BCUT2D eigenvalue weighted by Crippen LogP contribution is -2.10. The van der Waals surface area contributed by atoms with Gasteiger partial charge in [-0.15, -0.1) is 0 Å². The maximum Gasteiger partial charge on any atom is 0.338 e. The Bertz CT molecular complexity index is 1340. The van der Waals surface area contributed by atoms with Crippen LogP contribution in [0.15, 0.2) is 72.8 Å². The molecule has 4 nitrogen and oxygen atoms in total. The van der Waals surface area contributed by atoms with Crippen LogP contribution in [0.25, 0.3) is 22.3 Å². The molecule has 0 fully saturated rings. The van der Waals surface area contributed by atoms with Crippen molar-refractivity contribution < 1.29 is 32.2 Å². The molecule has 3 aromatic carbocycles. The Kier molecular flexibility index (Phi) is 7.05. The average molecular weight is 466 g/mol. The maximum absolute atomic E-state index is 14.9. The first kappa shape index (κ1) is 24.5. The Morgan fingerprint density at radius 2 is 1.21 bits per heavy atom. The molecule has 0 heterocycles. The van der Waals surface area contributed by atoms with Gasteiger partial charge in [0, 0.05) is 22.3 Å². The monoisotopic (exact) mass is 466 g/mol. The third-order valence-electron chi connectivity index (χ3n) is 4.92. The van der Waals surface area contributed by atoms with Crippen molar-refractivity contribution in [1.29, 1.82) is 0 Å². The summed E-state index contributed by atoms with van der Waals surface area (Å²) in [4.78, 5) is 23.3. The van der Waals surface area contributed by atoms with Gasteiger partial charge in [-0.3, -0.25) is 0 Å². The molecule has 0 saturated heterocycles. The van der Waals surface area contributed by atoms with E-state index in [1.807, 2.05) is 0 Å². The summed E-state index contributed by atoms with van der Waals surface area (Å²) < 4.78 is 54.0. The minimum atomic E-state index is -1.41. The molecule has 174 valence electrons. The molecule has 3 rings (SSSR count). The first-order chi connectivity index (χ1) is 16.0. The van der Waals surface area contributed by atoms with Crippen molar-refractivity contribution in [2.75, 3.05) is 0 Å². The maximum atomic E-state index is 14.9. The Labute approximate surface area is 194 Å². The lowest BCUT2D eigenvalue weighted by atomic mass is 9.98. The molecule has 0 saturated carbocycles. The molecule has 34 heavy (non-hydrogen) atoms. The van der Waals surface area contributed by atoms with Gasteiger partial charge in [0.2, 0.25) is 5.82 Å². The zero-order valence-corrected chi connectivity index (χ0v) is 18.8. The number of halogens is 3. The van der Waals surface area contributed by atoms with Gasteiger partial charge >= 0.3 is 11.9 Å². The van der Waals surface area contributed by atoms with E-state index in [1.54, 1.807) is 31.2 Å². The number of carbonyl (C=O) groups is 2. The molecule has 0 aromatic heterocycles. The molecule has 0 unspecified atom stereocenters. The summed E-state index contributed by atoms with van der Waals surface area (Å²) >= 11 is 0. The van der Waals surface area contributed by atoms with Crippen molar-refractivity contribution in [3.63, 3.8) is 0 Å². The van der Waals surface area contributed by atoms with Crippen molar-refractivity contribution in [1.82, 2.24) is 0 Å². The minimum Gasteiger partial charge on any atom is -0.423 e. The highest BCUT2D eigenvalue weighted by Gasteiger charge is 2.20. The van der Waals surface area contributed by atoms with Crippen LogP contribution in [0, 0.1) is 24.4 Å². The molecule has 7 heteroatoms.